The predicted molar refractivity (Wildman–Crippen MR) is 105 cm³/mol. The number of methoxy groups -OCH3 is 2. The normalized spacial score (nSPS) is 11.6. The monoisotopic (exact) mass is 375 g/mol. The molecule has 0 aliphatic rings. The van der Waals surface area contributed by atoms with Crippen molar-refractivity contribution in [1.29, 1.82) is 0 Å². The van der Waals surface area contributed by atoms with Gasteiger partial charge in [-0.3, -0.25) is 0 Å². The maximum absolute atomic E-state index is 12.7. The van der Waals surface area contributed by atoms with Gasteiger partial charge in [0.25, 0.3) is 0 Å². The number of nitrogens with zero attached hydrogens (tertiary/aromatic N) is 2. The molecule has 0 spiro atoms. The Hall–Kier alpha value is -2.70. The van der Waals surface area contributed by atoms with E-state index in [0.29, 0.717) is 40.6 Å². The van der Waals surface area contributed by atoms with Crippen LogP contribution in [0.5, 0.6) is 11.5 Å². The molecule has 1 heterocycles. The Kier molecular flexibility index (Phi) is 6.03. The zero-order chi connectivity index (χ0) is 20.4. The molecule has 2 rings (SSSR count). The first-order valence-electron chi connectivity index (χ1n) is 8.90. The minimum absolute atomic E-state index is 0.288. The van der Waals surface area contributed by atoms with Gasteiger partial charge in [0.2, 0.25) is 0 Å². The summed E-state index contributed by atoms with van der Waals surface area (Å²) in [5.74, 6) is 1.50. The molecule has 0 aliphatic heterocycles. The molecule has 0 radical (unpaired) electrons. The number of hydrogen-bond donors (Lipinski definition) is 1. The third kappa shape index (κ3) is 4.72. The molecule has 2 aromatic rings. The summed E-state index contributed by atoms with van der Waals surface area (Å²) in [5.41, 5.74) is 8.01. The molecular weight excluding hydrogens is 346 g/mol. The minimum atomic E-state index is -0.634. The molecule has 27 heavy (non-hydrogen) atoms. The van der Waals surface area contributed by atoms with Crippen molar-refractivity contribution in [1.82, 2.24) is 9.78 Å². The van der Waals surface area contributed by atoms with E-state index in [1.807, 2.05) is 26.8 Å². The Morgan fingerprint density at radius 1 is 1.22 bits per heavy atom. The third-order valence-corrected chi connectivity index (χ3v) is 3.85. The second-order valence-corrected chi connectivity index (χ2v) is 7.77. The topological polar surface area (TPSA) is 88.6 Å². The first-order valence-corrected chi connectivity index (χ1v) is 8.90. The highest BCUT2D eigenvalue weighted by atomic mass is 16.6. The van der Waals surface area contributed by atoms with Crippen molar-refractivity contribution in [3.63, 3.8) is 0 Å². The fraction of sp³-hybridized carbons (Fsp3) is 0.500. The minimum Gasteiger partial charge on any atom is -0.497 e. The van der Waals surface area contributed by atoms with Crippen LogP contribution < -0.4 is 15.2 Å². The lowest BCUT2D eigenvalue weighted by Gasteiger charge is -2.20. The molecule has 148 valence electrons. The van der Waals surface area contributed by atoms with Gasteiger partial charge < -0.3 is 19.9 Å². The van der Waals surface area contributed by atoms with E-state index in [0.717, 1.165) is 0 Å². The number of benzene rings is 1. The van der Waals surface area contributed by atoms with Crippen molar-refractivity contribution < 1.29 is 19.0 Å². The number of anilines is 1. The first-order chi connectivity index (χ1) is 12.6. The fourth-order valence-corrected chi connectivity index (χ4v) is 2.70. The van der Waals surface area contributed by atoms with Crippen LogP contribution in [0.15, 0.2) is 18.2 Å². The van der Waals surface area contributed by atoms with E-state index in [1.165, 1.54) is 4.68 Å². The third-order valence-electron chi connectivity index (χ3n) is 3.85. The van der Waals surface area contributed by atoms with Crippen molar-refractivity contribution in [3.8, 4) is 22.8 Å². The van der Waals surface area contributed by atoms with E-state index >= 15 is 0 Å². The molecular formula is C20H29N3O4. The predicted octanol–water partition coefficient (Wildman–Crippen LogP) is 4.13. The van der Waals surface area contributed by atoms with Gasteiger partial charge in [0, 0.05) is 11.6 Å². The average Bonchev–Trinajstić information content (AvgIpc) is 2.89. The number of nitrogen functional groups attached to an aromatic ring is 1. The number of rotatable bonds is 5. The zero-order valence-electron chi connectivity index (χ0n) is 17.1. The van der Waals surface area contributed by atoms with Crippen molar-refractivity contribution in [2.24, 2.45) is 5.92 Å². The van der Waals surface area contributed by atoms with Gasteiger partial charge in [0.05, 0.1) is 25.6 Å². The summed E-state index contributed by atoms with van der Waals surface area (Å²) in [6.45, 7) is 9.55. The number of ether oxygens (including phenoxy) is 3. The highest BCUT2D eigenvalue weighted by Crippen LogP contribution is 2.37. The van der Waals surface area contributed by atoms with Gasteiger partial charge in [-0.25, -0.2) is 4.79 Å². The van der Waals surface area contributed by atoms with Crippen LogP contribution >= 0.6 is 0 Å². The summed E-state index contributed by atoms with van der Waals surface area (Å²) in [7, 11) is 3.15. The van der Waals surface area contributed by atoms with E-state index in [9.17, 15) is 4.79 Å². The summed E-state index contributed by atoms with van der Waals surface area (Å²) in [6, 6.07) is 5.37. The van der Waals surface area contributed by atoms with Gasteiger partial charge in [-0.2, -0.15) is 9.78 Å². The highest BCUT2D eigenvalue weighted by Gasteiger charge is 2.27. The van der Waals surface area contributed by atoms with Crippen LogP contribution in [-0.4, -0.2) is 35.7 Å². The summed E-state index contributed by atoms with van der Waals surface area (Å²) in [4.78, 5) is 12.7. The van der Waals surface area contributed by atoms with Gasteiger partial charge in [0.15, 0.2) is 0 Å². The van der Waals surface area contributed by atoms with Gasteiger partial charge >= 0.3 is 6.09 Å². The van der Waals surface area contributed by atoms with Crippen LogP contribution in [0.2, 0.25) is 0 Å². The van der Waals surface area contributed by atoms with Crippen molar-refractivity contribution in [2.75, 3.05) is 20.0 Å². The Labute approximate surface area is 160 Å². The molecule has 0 saturated heterocycles. The molecule has 7 nitrogen and oxygen atoms in total. The summed E-state index contributed by atoms with van der Waals surface area (Å²) < 4.78 is 17.5. The number of carbonyl (C=O) groups is 1. The van der Waals surface area contributed by atoms with Crippen molar-refractivity contribution >= 4 is 11.8 Å². The van der Waals surface area contributed by atoms with Gasteiger partial charge in [-0.1, -0.05) is 13.8 Å². The molecule has 0 aliphatic carbocycles. The number of hydrogen-bond acceptors (Lipinski definition) is 6. The Morgan fingerprint density at radius 2 is 1.89 bits per heavy atom. The molecule has 1 aromatic carbocycles. The summed E-state index contributed by atoms with van der Waals surface area (Å²) in [6.07, 6.45) is 0.0416. The quantitative estimate of drug-likeness (QED) is 0.845. The summed E-state index contributed by atoms with van der Waals surface area (Å²) in [5, 5.41) is 4.48. The lowest BCUT2D eigenvalue weighted by molar-refractivity contribution is 0.0509. The van der Waals surface area contributed by atoms with Gasteiger partial charge in [-0.15, -0.1) is 0 Å². The van der Waals surface area contributed by atoms with Crippen LogP contribution in [0.4, 0.5) is 10.5 Å². The number of aromatic nitrogens is 2. The fourth-order valence-electron chi connectivity index (χ4n) is 2.70. The van der Waals surface area contributed by atoms with E-state index < -0.39 is 11.7 Å². The second kappa shape index (κ2) is 7.90. The van der Waals surface area contributed by atoms with Crippen LogP contribution in [0.1, 0.15) is 40.3 Å². The Bertz CT molecular complexity index is 819. The van der Waals surface area contributed by atoms with E-state index in [4.69, 9.17) is 19.9 Å². The molecule has 0 bridgehead atoms. The smallest absolute Gasteiger partial charge is 0.435 e. The molecule has 0 unspecified atom stereocenters. The maximum atomic E-state index is 12.7. The first kappa shape index (κ1) is 20.6. The molecule has 7 heteroatoms. The van der Waals surface area contributed by atoms with Gasteiger partial charge in [0.1, 0.15) is 22.8 Å². The van der Waals surface area contributed by atoms with E-state index in [2.05, 4.69) is 18.9 Å². The molecule has 0 amide bonds. The molecule has 2 N–H and O–H groups in total. The second-order valence-electron chi connectivity index (χ2n) is 7.77. The standard InChI is InChI=1S/C20H29N3O4/c1-12(2)10-15-17(21)18(22-23(15)19(24)27-20(3,4)5)14-9-8-13(25-6)11-16(14)26-7/h8-9,11-12H,10,21H2,1-7H3. The van der Waals surface area contributed by atoms with E-state index in [1.54, 1.807) is 26.4 Å². The van der Waals surface area contributed by atoms with Crippen LogP contribution in [0.3, 0.4) is 0 Å². The largest absolute Gasteiger partial charge is 0.497 e. The Balaban J connectivity index is 2.60. The molecule has 0 fully saturated rings. The number of carbonyl (C=O) groups excluding carboxylic acids is 1. The lowest BCUT2D eigenvalue weighted by Crippen LogP contribution is -2.29. The van der Waals surface area contributed by atoms with Gasteiger partial charge in [-0.05, 0) is 45.2 Å². The lowest BCUT2D eigenvalue weighted by atomic mass is 10.0. The van der Waals surface area contributed by atoms with Crippen molar-refractivity contribution in [3.05, 3.63) is 23.9 Å². The zero-order valence-corrected chi connectivity index (χ0v) is 17.1. The molecule has 1 aromatic heterocycles. The van der Waals surface area contributed by atoms with Crippen molar-refractivity contribution in [2.45, 2.75) is 46.6 Å². The van der Waals surface area contributed by atoms with Crippen LogP contribution in [0, 0.1) is 5.92 Å². The Morgan fingerprint density at radius 3 is 2.41 bits per heavy atom. The molecule has 0 saturated carbocycles. The average molecular weight is 375 g/mol. The maximum Gasteiger partial charge on any atom is 0.435 e. The SMILES string of the molecule is COc1ccc(-c2nn(C(=O)OC(C)(C)C)c(CC(C)C)c2N)c(OC)c1. The van der Waals surface area contributed by atoms with Crippen LogP contribution in [0.25, 0.3) is 11.3 Å². The van der Waals surface area contributed by atoms with E-state index in [-0.39, 0.29) is 5.92 Å². The highest BCUT2D eigenvalue weighted by molar-refractivity contribution is 5.83. The van der Waals surface area contributed by atoms with Crippen LogP contribution in [-0.2, 0) is 11.2 Å². The number of nitrogens with two attached hydrogens (primary N) is 1. The summed E-state index contributed by atoms with van der Waals surface area (Å²) >= 11 is 0. The molecule has 0 atom stereocenters.